The van der Waals surface area contributed by atoms with Crippen LogP contribution in [-0.2, 0) is 14.4 Å². The molecule has 2 aliphatic heterocycles. The maximum Gasteiger partial charge on any atom is 0.229 e. The maximum absolute atomic E-state index is 12.6. The van der Waals surface area contributed by atoms with E-state index in [1.807, 2.05) is 6.92 Å². The largest absolute Gasteiger partial charge is 0.304 e. The molecule has 2 amide bonds. The van der Waals surface area contributed by atoms with Gasteiger partial charge in [-0.2, -0.15) is 0 Å². The molecule has 1 aliphatic carbocycles. The molecule has 0 bridgehead atoms. The van der Waals surface area contributed by atoms with Crippen LogP contribution in [0, 0.1) is 23.7 Å². The number of rotatable bonds is 5. The summed E-state index contributed by atoms with van der Waals surface area (Å²) >= 11 is 0. The number of hydrogen-bond acceptors (Lipinski definition) is 5. The van der Waals surface area contributed by atoms with Gasteiger partial charge in [0.2, 0.25) is 11.8 Å². The smallest absolute Gasteiger partial charge is 0.229 e. The van der Waals surface area contributed by atoms with Crippen molar-refractivity contribution in [2.24, 2.45) is 23.7 Å². The van der Waals surface area contributed by atoms with Crippen LogP contribution in [0.25, 0.3) is 0 Å². The molecule has 2 saturated heterocycles. The Morgan fingerprint density at radius 1 is 1.10 bits per heavy atom. The molecule has 0 aromatic carbocycles. The van der Waals surface area contributed by atoms with Crippen LogP contribution in [0.2, 0.25) is 0 Å². The molecule has 3 fully saturated rings. The van der Waals surface area contributed by atoms with Crippen molar-refractivity contribution in [2.75, 3.05) is 33.2 Å². The fraction of sp³-hybridized carbons (Fsp3) is 0.875. The zero-order chi connectivity index (χ0) is 22.3. The average Bonchev–Trinajstić information content (AvgIpc) is 2.76. The highest BCUT2D eigenvalue weighted by Gasteiger charge is 2.37. The lowest BCUT2D eigenvalue weighted by Gasteiger charge is -2.44. The van der Waals surface area contributed by atoms with Crippen LogP contribution < -0.4 is 5.32 Å². The number of nitrogens with one attached hydrogen (secondary N) is 1. The monoisotopic (exact) mass is 421 g/mol. The van der Waals surface area contributed by atoms with Crippen molar-refractivity contribution >= 4 is 17.6 Å². The molecule has 3 rings (SSSR count). The number of carbonyl (C=O) groups excluding carboxylic acids is 3. The second-order valence-electron chi connectivity index (χ2n) is 9.64. The molecule has 6 heteroatoms. The lowest BCUT2D eigenvalue weighted by atomic mass is 9.71. The number of piperidine rings is 1. The third kappa shape index (κ3) is 6.88. The Balaban J connectivity index is 0.000000297. The number of Topliss-reactive ketones (excluding diaryl/α,β-unsaturated/α-hetero) is 1. The number of ketones is 1. The molecule has 30 heavy (non-hydrogen) atoms. The minimum absolute atomic E-state index is 0.0164. The van der Waals surface area contributed by atoms with Crippen molar-refractivity contribution in [1.29, 1.82) is 0 Å². The van der Waals surface area contributed by atoms with Gasteiger partial charge in [-0.25, -0.2) is 0 Å². The van der Waals surface area contributed by atoms with Gasteiger partial charge in [0, 0.05) is 56.4 Å². The number of hydrogen-bond donors (Lipinski definition) is 1. The fourth-order valence-electron chi connectivity index (χ4n) is 4.95. The molecule has 1 N–H and O–H groups in total. The highest BCUT2D eigenvalue weighted by Crippen LogP contribution is 2.37. The van der Waals surface area contributed by atoms with Gasteiger partial charge in [-0.15, -0.1) is 0 Å². The number of nitrogens with zero attached hydrogens (tertiary/aromatic N) is 2. The average molecular weight is 422 g/mol. The Hall–Kier alpha value is -1.27. The van der Waals surface area contributed by atoms with E-state index in [9.17, 15) is 14.4 Å². The van der Waals surface area contributed by atoms with Crippen LogP contribution in [0.3, 0.4) is 0 Å². The SMILES string of the molecule is CC1CCC(=O)NC1=O.CCC(C)C(=O)C1CCC(N2CCN(C)CC2)CC1CC. The molecule has 172 valence electrons. The molecule has 5 atom stereocenters. The molecule has 2 heterocycles. The van der Waals surface area contributed by atoms with E-state index in [-0.39, 0.29) is 23.7 Å². The van der Waals surface area contributed by atoms with E-state index >= 15 is 0 Å². The summed E-state index contributed by atoms with van der Waals surface area (Å²) in [5, 5.41) is 2.25. The van der Waals surface area contributed by atoms with Gasteiger partial charge >= 0.3 is 0 Å². The molecule has 0 radical (unpaired) electrons. The Kier molecular flexibility index (Phi) is 9.95. The van der Waals surface area contributed by atoms with E-state index in [0.717, 1.165) is 25.3 Å². The summed E-state index contributed by atoms with van der Waals surface area (Å²) in [5.74, 6) is 1.50. The minimum atomic E-state index is -0.141. The molecule has 0 aromatic rings. The first-order valence-electron chi connectivity index (χ1n) is 12.1. The Bertz CT molecular complexity index is 586. The van der Waals surface area contributed by atoms with Gasteiger partial charge in [0.05, 0.1) is 0 Å². The standard InChI is InChI=1S/C18H34N2O.C6H9NO2/c1-5-14(3)18(21)17-8-7-16(13-15(17)6-2)20-11-9-19(4)10-12-20;1-4-2-3-5(8)7-6(4)9/h14-17H,5-13H2,1-4H3;4H,2-3H2,1H3,(H,7,8,9). The summed E-state index contributed by atoms with van der Waals surface area (Å²) in [6, 6.07) is 0.727. The molecular formula is C24H43N3O3. The Labute approximate surface area is 183 Å². The molecule has 6 nitrogen and oxygen atoms in total. The van der Waals surface area contributed by atoms with E-state index in [2.05, 4.69) is 42.9 Å². The predicted octanol–water partition coefficient (Wildman–Crippen LogP) is 3.10. The number of piperazine rings is 1. The highest BCUT2D eigenvalue weighted by atomic mass is 16.2. The van der Waals surface area contributed by atoms with E-state index in [4.69, 9.17) is 0 Å². The maximum atomic E-state index is 12.6. The number of amides is 2. The van der Waals surface area contributed by atoms with Crippen LogP contribution >= 0.6 is 0 Å². The summed E-state index contributed by atoms with van der Waals surface area (Å²) in [7, 11) is 2.22. The van der Waals surface area contributed by atoms with Crippen molar-refractivity contribution in [3.63, 3.8) is 0 Å². The first-order valence-corrected chi connectivity index (χ1v) is 12.1. The quantitative estimate of drug-likeness (QED) is 0.691. The van der Waals surface area contributed by atoms with Crippen LogP contribution in [0.15, 0.2) is 0 Å². The Morgan fingerprint density at radius 3 is 2.30 bits per heavy atom. The van der Waals surface area contributed by atoms with Gasteiger partial charge < -0.3 is 4.90 Å². The van der Waals surface area contributed by atoms with Crippen molar-refractivity contribution in [3.8, 4) is 0 Å². The van der Waals surface area contributed by atoms with Crippen LogP contribution in [0.1, 0.15) is 72.6 Å². The van der Waals surface area contributed by atoms with Gasteiger partial charge in [-0.1, -0.05) is 34.1 Å². The molecule has 5 unspecified atom stereocenters. The summed E-state index contributed by atoms with van der Waals surface area (Å²) in [4.78, 5) is 38.9. The van der Waals surface area contributed by atoms with E-state index < -0.39 is 0 Å². The number of imide groups is 1. The van der Waals surface area contributed by atoms with Gasteiger partial charge in [0.15, 0.2) is 0 Å². The third-order valence-corrected chi connectivity index (χ3v) is 7.51. The van der Waals surface area contributed by atoms with Gasteiger partial charge in [0.1, 0.15) is 5.78 Å². The lowest BCUT2D eigenvalue weighted by molar-refractivity contribution is -0.136. The van der Waals surface area contributed by atoms with E-state index in [1.54, 1.807) is 0 Å². The minimum Gasteiger partial charge on any atom is -0.304 e. The number of carbonyl (C=O) groups is 3. The van der Waals surface area contributed by atoms with Gasteiger partial charge in [-0.05, 0) is 45.1 Å². The van der Waals surface area contributed by atoms with Crippen molar-refractivity contribution in [3.05, 3.63) is 0 Å². The second-order valence-corrected chi connectivity index (χ2v) is 9.64. The van der Waals surface area contributed by atoms with E-state index in [1.165, 1.54) is 39.0 Å². The first-order chi connectivity index (χ1) is 14.3. The number of likely N-dealkylation sites (N-methyl/N-ethyl adjacent to an activating group) is 1. The zero-order valence-electron chi connectivity index (χ0n) is 19.8. The van der Waals surface area contributed by atoms with Gasteiger partial charge in [-0.3, -0.25) is 24.6 Å². The topological polar surface area (TPSA) is 69.7 Å². The lowest BCUT2D eigenvalue weighted by Crippen LogP contribution is -2.51. The van der Waals surface area contributed by atoms with Gasteiger partial charge in [0.25, 0.3) is 0 Å². The van der Waals surface area contributed by atoms with Crippen molar-refractivity contribution in [2.45, 2.75) is 78.7 Å². The summed E-state index contributed by atoms with van der Waals surface area (Å²) in [6.45, 7) is 13.2. The summed E-state index contributed by atoms with van der Waals surface area (Å²) in [6.07, 6.45) is 6.95. The molecule has 0 spiro atoms. The second kappa shape index (κ2) is 11.9. The van der Waals surface area contributed by atoms with Crippen molar-refractivity contribution in [1.82, 2.24) is 15.1 Å². The molecule has 3 aliphatic rings. The summed E-state index contributed by atoms with van der Waals surface area (Å²) in [5.41, 5.74) is 0. The third-order valence-electron chi connectivity index (χ3n) is 7.51. The Morgan fingerprint density at radius 2 is 1.77 bits per heavy atom. The summed E-state index contributed by atoms with van der Waals surface area (Å²) < 4.78 is 0. The fourth-order valence-corrected chi connectivity index (χ4v) is 4.95. The molecular weight excluding hydrogens is 378 g/mol. The molecule has 1 saturated carbocycles. The predicted molar refractivity (Wildman–Crippen MR) is 120 cm³/mol. The first kappa shape index (κ1) is 25.0. The van der Waals surface area contributed by atoms with Crippen LogP contribution in [0.5, 0.6) is 0 Å². The van der Waals surface area contributed by atoms with Crippen LogP contribution in [-0.4, -0.2) is 66.7 Å². The highest BCUT2D eigenvalue weighted by molar-refractivity contribution is 5.98. The molecule has 0 aromatic heterocycles. The van der Waals surface area contributed by atoms with E-state index in [0.29, 0.717) is 30.5 Å². The zero-order valence-corrected chi connectivity index (χ0v) is 19.8. The van der Waals surface area contributed by atoms with Crippen molar-refractivity contribution < 1.29 is 14.4 Å². The normalized spacial score (nSPS) is 32.0. The van der Waals surface area contributed by atoms with Crippen LogP contribution in [0.4, 0.5) is 0 Å².